The minimum absolute atomic E-state index is 0.589. The first-order valence-electron chi connectivity index (χ1n) is 9.51. The van der Waals surface area contributed by atoms with Gasteiger partial charge in [0.15, 0.2) is 3.95 Å². The first kappa shape index (κ1) is 19.9. The molecule has 1 saturated carbocycles. The Morgan fingerprint density at radius 1 is 1.14 bits per heavy atom. The summed E-state index contributed by atoms with van der Waals surface area (Å²) in [5, 5.41) is 8.79. The van der Waals surface area contributed by atoms with Crippen molar-refractivity contribution in [2.24, 2.45) is 0 Å². The van der Waals surface area contributed by atoms with Crippen molar-refractivity contribution in [2.45, 2.75) is 32.1 Å². The highest BCUT2D eigenvalue weighted by atomic mass is 32.1. The van der Waals surface area contributed by atoms with Crippen LogP contribution in [-0.2, 0) is 13.2 Å². The lowest BCUT2D eigenvalue weighted by molar-refractivity contribution is 0.187. The molecule has 0 atom stereocenters. The number of rotatable bonds is 9. The van der Waals surface area contributed by atoms with Crippen LogP contribution in [0.4, 0.5) is 10.8 Å². The zero-order valence-corrected chi connectivity index (χ0v) is 18.1. The van der Waals surface area contributed by atoms with Crippen LogP contribution in [0.3, 0.4) is 0 Å². The number of ether oxygens (including phenoxy) is 2. The largest absolute Gasteiger partial charge is 0.497 e. The lowest BCUT2D eigenvalue weighted by atomic mass is 10.2. The van der Waals surface area contributed by atoms with E-state index in [9.17, 15) is 0 Å². The highest BCUT2D eigenvalue weighted by Gasteiger charge is 2.29. The van der Waals surface area contributed by atoms with Gasteiger partial charge in [-0.3, -0.25) is 4.90 Å². The lowest BCUT2D eigenvalue weighted by Crippen LogP contribution is -2.28. The van der Waals surface area contributed by atoms with Gasteiger partial charge in [-0.05, 0) is 54.9 Å². The third-order valence-electron chi connectivity index (χ3n) is 4.88. The molecular formula is C21H24N4O2S2. The third-order valence-corrected chi connectivity index (χ3v) is 6.10. The van der Waals surface area contributed by atoms with E-state index in [1.54, 1.807) is 14.2 Å². The molecule has 1 aliphatic rings. The number of nitrogens with zero attached hydrogens (tertiary/aromatic N) is 3. The Balaban J connectivity index is 1.48. The first-order chi connectivity index (χ1) is 14.2. The van der Waals surface area contributed by atoms with Crippen molar-refractivity contribution in [3.05, 3.63) is 58.0 Å². The number of methoxy groups -OCH3 is 2. The van der Waals surface area contributed by atoms with Crippen LogP contribution >= 0.6 is 23.6 Å². The average Bonchev–Trinajstić information content (AvgIpc) is 3.53. The van der Waals surface area contributed by atoms with Crippen molar-refractivity contribution in [2.75, 3.05) is 19.5 Å². The quantitative estimate of drug-likeness (QED) is 0.481. The number of benzene rings is 2. The molecule has 0 radical (unpaired) electrons. The molecule has 1 aliphatic carbocycles. The Labute approximate surface area is 179 Å². The summed E-state index contributed by atoms with van der Waals surface area (Å²) in [7, 11) is 3.35. The summed E-state index contributed by atoms with van der Waals surface area (Å²) in [6.45, 7) is 1.54. The second kappa shape index (κ2) is 8.94. The van der Waals surface area contributed by atoms with Crippen LogP contribution < -0.4 is 14.8 Å². The summed E-state index contributed by atoms with van der Waals surface area (Å²) in [6, 6.07) is 16.6. The van der Waals surface area contributed by atoms with E-state index < -0.39 is 0 Å². The monoisotopic (exact) mass is 428 g/mol. The van der Waals surface area contributed by atoms with Gasteiger partial charge in [-0.15, -0.1) is 5.10 Å². The molecule has 1 N–H and O–H groups in total. The van der Waals surface area contributed by atoms with Gasteiger partial charge in [-0.25, -0.2) is 4.68 Å². The molecule has 3 aromatic rings. The molecule has 0 unspecified atom stereocenters. The standard InChI is InChI=1S/C21H24N4O2S2/c1-26-17-11-7-15(8-12-17)13-24(16-9-10-16)14-25-21(28)29-20(23-25)22-18-5-3-4-6-19(18)27-2/h3-8,11-12,16H,9-10,13-14H2,1-2H3,(H,22,23). The number of hydrogen-bond donors (Lipinski definition) is 1. The molecule has 1 aromatic heterocycles. The second-order valence-electron chi connectivity index (χ2n) is 6.97. The van der Waals surface area contributed by atoms with E-state index in [1.165, 1.54) is 29.7 Å². The van der Waals surface area contributed by atoms with Gasteiger partial charge in [0.1, 0.15) is 11.5 Å². The van der Waals surface area contributed by atoms with Crippen molar-refractivity contribution in [1.29, 1.82) is 0 Å². The van der Waals surface area contributed by atoms with E-state index in [0.29, 0.717) is 12.7 Å². The van der Waals surface area contributed by atoms with Crippen molar-refractivity contribution < 1.29 is 9.47 Å². The SMILES string of the molecule is COc1ccc(CN(Cn2nc(Nc3ccccc3OC)sc2=S)C2CC2)cc1. The Bertz CT molecular complexity index is 1010. The molecule has 152 valence electrons. The number of aromatic nitrogens is 2. The zero-order valence-electron chi connectivity index (χ0n) is 16.5. The summed E-state index contributed by atoms with van der Waals surface area (Å²) < 4.78 is 13.3. The van der Waals surface area contributed by atoms with E-state index in [0.717, 1.165) is 32.8 Å². The fourth-order valence-electron chi connectivity index (χ4n) is 3.18. The summed E-state index contributed by atoms with van der Waals surface area (Å²) in [5.41, 5.74) is 2.13. The second-order valence-corrected chi connectivity index (χ2v) is 8.59. The first-order valence-corrected chi connectivity index (χ1v) is 10.7. The van der Waals surface area contributed by atoms with E-state index in [1.807, 2.05) is 41.1 Å². The minimum Gasteiger partial charge on any atom is -0.497 e. The average molecular weight is 429 g/mol. The molecule has 8 heteroatoms. The van der Waals surface area contributed by atoms with E-state index >= 15 is 0 Å². The molecule has 0 amide bonds. The molecule has 1 fully saturated rings. The number of anilines is 2. The molecule has 0 bridgehead atoms. The maximum Gasteiger partial charge on any atom is 0.209 e. The van der Waals surface area contributed by atoms with Gasteiger partial charge in [-0.1, -0.05) is 35.6 Å². The highest BCUT2D eigenvalue weighted by molar-refractivity contribution is 7.73. The van der Waals surface area contributed by atoms with E-state index in [4.69, 9.17) is 26.8 Å². The maximum atomic E-state index is 5.58. The topological polar surface area (TPSA) is 51.5 Å². The predicted molar refractivity (Wildman–Crippen MR) is 119 cm³/mol. The molecule has 0 spiro atoms. The Hall–Kier alpha value is -2.42. The van der Waals surface area contributed by atoms with Gasteiger partial charge in [0.05, 0.1) is 26.6 Å². The Kier molecular flexibility index (Phi) is 6.13. The van der Waals surface area contributed by atoms with Crippen molar-refractivity contribution in [1.82, 2.24) is 14.7 Å². The van der Waals surface area contributed by atoms with Crippen LogP contribution in [-0.4, -0.2) is 34.9 Å². The fourth-order valence-corrected chi connectivity index (χ4v) is 4.19. The molecule has 2 aromatic carbocycles. The van der Waals surface area contributed by atoms with Gasteiger partial charge >= 0.3 is 0 Å². The maximum absolute atomic E-state index is 5.58. The number of hydrogen-bond acceptors (Lipinski definition) is 7. The van der Waals surface area contributed by atoms with Gasteiger partial charge in [0.2, 0.25) is 5.13 Å². The summed E-state index contributed by atoms with van der Waals surface area (Å²) in [4.78, 5) is 2.43. The summed E-state index contributed by atoms with van der Waals surface area (Å²) >= 11 is 7.05. The molecule has 4 rings (SSSR count). The number of nitrogens with one attached hydrogen (secondary N) is 1. The van der Waals surface area contributed by atoms with Crippen LogP contribution in [0, 0.1) is 3.95 Å². The molecular weight excluding hydrogens is 404 g/mol. The number of para-hydroxylation sites is 2. The minimum atomic E-state index is 0.589. The summed E-state index contributed by atoms with van der Waals surface area (Å²) in [6.07, 6.45) is 2.44. The molecule has 0 saturated heterocycles. The molecule has 6 nitrogen and oxygen atoms in total. The smallest absolute Gasteiger partial charge is 0.209 e. The van der Waals surface area contributed by atoms with Crippen molar-refractivity contribution in [3.63, 3.8) is 0 Å². The normalized spacial score (nSPS) is 13.5. The van der Waals surface area contributed by atoms with Crippen LogP contribution in [0.5, 0.6) is 11.5 Å². The molecule has 0 aliphatic heterocycles. The van der Waals surface area contributed by atoms with Crippen LogP contribution in [0.25, 0.3) is 0 Å². The summed E-state index contributed by atoms with van der Waals surface area (Å²) in [5.74, 6) is 1.65. The highest BCUT2D eigenvalue weighted by Crippen LogP contribution is 2.31. The van der Waals surface area contributed by atoms with Crippen LogP contribution in [0.1, 0.15) is 18.4 Å². The van der Waals surface area contributed by atoms with Crippen LogP contribution in [0.15, 0.2) is 48.5 Å². The predicted octanol–water partition coefficient (Wildman–Crippen LogP) is 5.06. The van der Waals surface area contributed by atoms with Gasteiger partial charge in [0, 0.05) is 12.6 Å². The molecule has 29 heavy (non-hydrogen) atoms. The molecule has 1 heterocycles. The van der Waals surface area contributed by atoms with Gasteiger partial charge < -0.3 is 14.8 Å². The van der Waals surface area contributed by atoms with E-state index in [-0.39, 0.29) is 0 Å². The van der Waals surface area contributed by atoms with Gasteiger partial charge in [0.25, 0.3) is 0 Å². The third kappa shape index (κ3) is 4.95. The van der Waals surface area contributed by atoms with Crippen molar-refractivity contribution in [3.8, 4) is 11.5 Å². The lowest BCUT2D eigenvalue weighted by Gasteiger charge is -2.22. The van der Waals surface area contributed by atoms with Crippen LogP contribution in [0.2, 0.25) is 0 Å². The fraction of sp³-hybridized carbons (Fsp3) is 0.333. The van der Waals surface area contributed by atoms with Gasteiger partial charge in [-0.2, -0.15) is 0 Å². The van der Waals surface area contributed by atoms with E-state index in [2.05, 4.69) is 22.3 Å². The Morgan fingerprint density at radius 3 is 2.59 bits per heavy atom. The Morgan fingerprint density at radius 2 is 1.90 bits per heavy atom. The van der Waals surface area contributed by atoms with Crippen molar-refractivity contribution >= 4 is 34.4 Å². The zero-order chi connectivity index (χ0) is 20.2.